The van der Waals surface area contributed by atoms with E-state index in [1.54, 1.807) is 55.5 Å². The number of carbonyl (C=O) groups excluding carboxylic acids is 3. The molecule has 0 radical (unpaired) electrons. The van der Waals surface area contributed by atoms with Crippen LogP contribution in [0.2, 0.25) is 0 Å². The minimum atomic E-state index is -1.11. The number of carbonyl (C=O) groups is 3. The van der Waals surface area contributed by atoms with Gasteiger partial charge in [0.25, 0.3) is 0 Å². The highest BCUT2D eigenvalue weighted by molar-refractivity contribution is 5.83. The molecule has 2 aromatic carbocycles. The van der Waals surface area contributed by atoms with E-state index in [1.807, 2.05) is 6.07 Å². The number of azo groups is 1. The predicted molar refractivity (Wildman–Crippen MR) is 103 cm³/mol. The van der Waals surface area contributed by atoms with Crippen LogP contribution in [0.5, 0.6) is 0 Å². The molecule has 1 N–H and O–H groups in total. The van der Waals surface area contributed by atoms with Gasteiger partial charge in [0.1, 0.15) is 24.5 Å². The Bertz CT molecular complexity index is 890. The first-order valence-electron chi connectivity index (χ1n) is 8.78. The lowest BCUT2D eigenvalue weighted by atomic mass is 9.81. The molecule has 28 heavy (non-hydrogen) atoms. The van der Waals surface area contributed by atoms with Crippen LogP contribution in [-0.4, -0.2) is 31.1 Å². The Morgan fingerprint density at radius 1 is 1.18 bits per heavy atom. The van der Waals surface area contributed by atoms with E-state index in [9.17, 15) is 19.6 Å². The summed E-state index contributed by atoms with van der Waals surface area (Å²) in [6, 6.07) is 16.2. The number of benzene rings is 2. The molecule has 1 amide bonds. The summed E-state index contributed by atoms with van der Waals surface area (Å²) in [5.74, 6) is -2.38. The summed E-state index contributed by atoms with van der Waals surface area (Å²) in [6.07, 6.45) is 1.26. The lowest BCUT2D eigenvalue weighted by molar-refractivity contribution is -0.124. The minimum Gasteiger partial charge on any atom is -0.355 e. The smallest absolute Gasteiger partial charge is 0.238 e. The third-order valence-electron chi connectivity index (χ3n) is 4.14. The molecule has 0 spiro atoms. The summed E-state index contributed by atoms with van der Waals surface area (Å²) < 4.78 is 0. The van der Waals surface area contributed by atoms with Crippen molar-refractivity contribution in [1.82, 2.24) is 5.32 Å². The maximum Gasteiger partial charge on any atom is 0.238 e. The fourth-order valence-electron chi connectivity index (χ4n) is 2.83. The number of hydrogen-bond donors (Lipinski definition) is 1. The van der Waals surface area contributed by atoms with Crippen LogP contribution >= 0.6 is 0 Å². The van der Waals surface area contributed by atoms with Gasteiger partial charge in [-0.15, -0.1) is 0 Å². The average molecular weight is 376 g/mol. The predicted octanol–water partition coefficient (Wildman–Crippen LogP) is 3.21. The summed E-state index contributed by atoms with van der Waals surface area (Å²) >= 11 is 0. The Balaban J connectivity index is 2.42. The first kappa shape index (κ1) is 20.6. The molecular formula is C21H20N4O3. The number of nitrogens with one attached hydrogen (secondary N) is 1. The van der Waals surface area contributed by atoms with Crippen molar-refractivity contribution in [3.63, 3.8) is 0 Å². The summed E-state index contributed by atoms with van der Waals surface area (Å²) in [5, 5.41) is 20.4. The molecule has 7 nitrogen and oxygen atoms in total. The van der Waals surface area contributed by atoms with Crippen molar-refractivity contribution < 1.29 is 14.4 Å². The highest BCUT2D eigenvalue weighted by atomic mass is 16.2. The van der Waals surface area contributed by atoms with Crippen molar-refractivity contribution in [2.45, 2.75) is 18.9 Å². The van der Waals surface area contributed by atoms with Crippen LogP contribution in [0.1, 0.15) is 28.8 Å². The molecule has 0 aliphatic carbocycles. The molecular weight excluding hydrogens is 356 g/mol. The van der Waals surface area contributed by atoms with Crippen LogP contribution < -0.4 is 5.32 Å². The van der Waals surface area contributed by atoms with Gasteiger partial charge in [0, 0.05) is 18.0 Å². The maximum atomic E-state index is 12.4. The van der Waals surface area contributed by atoms with Gasteiger partial charge in [-0.25, -0.2) is 0 Å². The van der Waals surface area contributed by atoms with E-state index in [1.165, 1.54) is 6.07 Å². The van der Waals surface area contributed by atoms with Gasteiger partial charge in [-0.05, 0) is 24.6 Å². The number of amides is 1. The van der Waals surface area contributed by atoms with E-state index in [0.717, 1.165) is 0 Å². The maximum absolute atomic E-state index is 12.4. The second kappa shape index (κ2) is 10.5. The van der Waals surface area contributed by atoms with Crippen LogP contribution in [0.3, 0.4) is 0 Å². The Hall–Kier alpha value is -3.66. The molecule has 0 bridgehead atoms. The van der Waals surface area contributed by atoms with Crippen LogP contribution in [0.15, 0.2) is 64.8 Å². The third-order valence-corrected chi connectivity index (χ3v) is 4.14. The molecule has 2 rings (SSSR count). The number of aldehydes is 2. The lowest BCUT2D eigenvalue weighted by Gasteiger charge is -2.23. The number of rotatable bonds is 9. The Kier molecular flexibility index (Phi) is 7.73. The molecule has 0 aliphatic heterocycles. The van der Waals surface area contributed by atoms with Crippen LogP contribution in [0, 0.1) is 17.2 Å². The molecule has 0 saturated heterocycles. The molecule has 7 heteroatoms. The Morgan fingerprint density at radius 2 is 1.93 bits per heavy atom. The Morgan fingerprint density at radius 3 is 2.54 bits per heavy atom. The van der Waals surface area contributed by atoms with E-state index in [4.69, 9.17) is 0 Å². The van der Waals surface area contributed by atoms with E-state index in [0.29, 0.717) is 35.9 Å². The van der Waals surface area contributed by atoms with Crippen molar-refractivity contribution in [2.75, 3.05) is 6.54 Å². The van der Waals surface area contributed by atoms with Gasteiger partial charge in [-0.1, -0.05) is 42.5 Å². The fraction of sp³-hybridized carbons (Fsp3) is 0.238. The SMILES string of the molecule is CCNC(=O)C(C#N)C(c1ccccc1)C(C=O)N=Nc1cccc(C=O)c1. The summed E-state index contributed by atoms with van der Waals surface area (Å²) in [5.41, 5.74) is 1.46. The van der Waals surface area contributed by atoms with Gasteiger partial charge < -0.3 is 10.1 Å². The van der Waals surface area contributed by atoms with Gasteiger partial charge in [-0.3, -0.25) is 9.59 Å². The number of nitriles is 1. The van der Waals surface area contributed by atoms with E-state index < -0.39 is 23.8 Å². The lowest BCUT2D eigenvalue weighted by Crippen LogP contribution is -2.37. The molecule has 0 saturated carbocycles. The highest BCUT2D eigenvalue weighted by Crippen LogP contribution is 2.30. The second-order valence-electron chi connectivity index (χ2n) is 5.99. The van der Waals surface area contributed by atoms with Crippen molar-refractivity contribution in [3.05, 3.63) is 65.7 Å². The molecule has 0 fully saturated rings. The van der Waals surface area contributed by atoms with Gasteiger partial charge in [0.05, 0.1) is 11.8 Å². The molecule has 3 unspecified atom stereocenters. The second-order valence-corrected chi connectivity index (χ2v) is 5.99. The molecule has 0 heterocycles. The van der Waals surface area contributed by atoms with Gasteiger partial charge in [-0.2, -0.15) is 15.5 Å². The van der Waals surface area contributed by atoms with Crippen molar-refractivity contribution in [1.29, 1.82) is 5.26 Å². The zero-order valence-corrected chi connectivity index (χ0v) is 15.4. The largest absolute Gasteiger partial charge is 0.355 e. The molecule has 3 atom stereocenters. The van der Waals surface area contributed by atoms with E-state index >= 15 is 0 Å². The average Bonchev–Trinajstić information content (AvgIpc) is 2.74. The topological polar surface area (TPSA) is 112 Å². The van der Waals surface area contributed by atoms with Crippen LogP contribution in [-0.2, 0) is 9.59 Å². The first-order chi connectivity index (χ1) is 13.6. The standard InChI is InChI=1S/C21H20N4O3/c1-2-23-21(28)18(12-22)20(16-8-4-3-5-9-16)19(14-27)25-24-17-10-6-7-15(11-17)13-26/h3-11,13-14,18-20H,2H2,1H3,(H,23,28). The van der Waals surface area contributed by atoms with Gasteiger partial charge in [0.2, 0.25) is 5.91 Å². The number of nitrogens with zero attached hydrogens (tertiary/aromatic N) is 3. The zero-order chi connectivity index (χ0) is 20.4. The van der Waals surface area contributed by atoms with Crippen molar-refractivity contribution >= 4 is 24.2 Å². The van der Waals surface area contributed by atoms with Crippen LogP contribution in [0.4, 0.5) is 5.69 Å². The van der Waals surface area contributed by atoms with Crippen LogP contribution in [0.25, 0.3) is 0 Å². The molecule has 2 aromatic rings. The van der Waals surface area contributed by atoms with E-state index in [-0.39, 0.29) is 0 Å². The number of hydrogen-bond acceptors (Lipinski definition) is 6. The quantitative estimate of drug-likeness (QED) is 0.535. The molecule has 0 aromatic heterocycles. The molecule has 0 aliphatic rings. The van der Waals surface area contributed by atoms with E-state index in [2.05, 4.69) is 15.5 Å². The first-order valence-corrected chi connectivity index (χ1v) is 8.78. The van der Waals surface area contributed by atoms with Crippen molar-refractivity contribution in [3.8, 4) is 6.07 Å². The monoisotopic (exact) mass is 376 g/mol. The fourth-order valence-corrected chi connectivity index (χ4v) is 2.83. The normalized spacial score (nSPS) is 13.9. The highest BCUT2D eigenvalue weighted by Gasteiger charge is 2.36. The molecule has 142 valence electrons. The van der Waals surface area contributed by atoms with Crippen molar-refractivity contribution in [2.24, 2.45) is 16.1 Å². The minimum absolute atomic E-state index is 0.365. The Labute approximate surface area is 163 Å². The third kappa shape index (κ3) is 5.17. The summed E-state index contributed by atoms with van der Waals surface area (Å²) in [7, 11) is 0. The van der Waals surface area contributed by atoms with Gasteiger partial charge >= 0.3 is 0 Å². The summed E-state index contributed by atoms with van der Waals surface area (Å²) in [6.45, 7) is 2.12. The zero-order valence-electron chi connectivity index (χ0n) is 15.4. The van der Waals surface area contributed by atoms with Gasteiger partial charge in [0.15, 0.2) is 0 Å². The summed E-state index contributed by atoms with van der Waals surface area (Å²) in [4.78, 5) is 35.1.